The van der Waals surface area contributed by atoms with Gasteiger partial charge in [-0.05, 0) is 158 Å². The number of hydroxylamine groups is 1. The number of epoxide rings is 1. The fraction of sp³-hybridized carbons (Fsp3) is 0.613. The van der Waals surface area contributed by atoms with E-state index in [-0.39, 0.29) is 108 Å². The van der Waals surface area contributed by atoms with Crippen molar-refractivity contribution in [3.8, 4) is 46.7 Å². The molecular formula is C75H101IN6O25S3. The van der Waals surface area contributed by atoms with Crippen LogP contribution >= 0.6 is 55.9 Å². The molecule has 0 aromatic heterocycles. The molecule has 31 nitrogen and oxygen atoms in total. The Kier molecular flexibility index (Phi) is 32.7. The number of alkyl carbamates (subject to hydrolysis) is 1. The third-order valence-corrected chi connectivity index (χ3v) is 23.7. The van der Waals surface area contributed by atoms with Gasteiger partial charge in [-0.1, -0.05) is 58.3 Å². The lowest BCUT2D eigenvalue weighted by atomic mass is 9.75. The fourth-order valence-corrected chi connectivity index (χ4v) is 16.5. The number of Topliss-reactive ketones (excluding diaryl/α,β-unsaturated/α-hetero) is 1. The first-order valence-electron chi connectivity index (χ1n) is 35.7. The number of hydrogen-bond donors (Lipinski definition) is 8. The van der Waals surface area contributed by atoms with Gasteiger partial charge in [0.05, 0.1) is 98.3 Å². The average molecular weight is 1710 g/mol. The Balaban J connectivity index is 1.000. The molecule has 6 aliphatic rings. The highest BCUT2D eigenvalue weighted by Crippen LogP contribution is 2.50. The number of carbonyl (C=O) groups is 6. The van der Waals surface area contributed by atoms with Crippen molar-refractivity contribution in [2.45, 2.75) is 235 Å². The van der Waals surface area contributed by atoms with Crippen LogP contribution in [0.2, 0.25) is 0 Å². The van der Waals surface area contributed by atoms with Gasteiger partial charge in [0.15, 0.2) is 48.0 Å². The highest BCUT2D eigenvalue weighted by Gasteiger charge is 2.59. The van der Waals surface area contributed by atoms with Crippen LogP contribution in [0.15, 0.2) is 64.4 Å². The normalized spacial score (nSPS) is 28.1. The predicted octanol–water partition coefficient (Wildman–Crippen LogP) is 6.14. The van der Waals surface area contributed by atoms with Gasteiger partial charge in [0.2, 0.25) is 34.9 Å². The van der Waals surface area contributed by atoms with Gasteiger partial charge in [0, 0.05) is 67.7 Å². The molecule has 110 heavy (non-hydrogen) atoms. The zero-order valence-electron chi connectivity index (χ0n) is 64.6. The van der Waals surface area contributed by atoms with Crippen LogP contribution in [0.3, 0.4) is 0 Å². The van der Waals surface area contributed by atoms with Gasteiger partial charge in [-0.2, -0.15) is 10.6 Å². The number of halogens is 1. The lowest BCUT2D eigenvalue weighted by Gasteiger charge is -2.47. The van der Waals surface area contributed by atoms with Gasteiger partial charge >= 0.3 is 6.09 Å². The summed E-state index contributed by atoms with van der Waals surface area (Å²) in [4.78, 5) is 88.5. The second kappa shape index (κ2) is 40.2. The first kappa shape index (κ1) is 89.4. The number of benzene rings is 2. The molecule has 18 atom stereocenters. The van der Waals surface area contributed by atoms with E-state index in [1.54, 1.807) is 62.9 Å². The highest BCUT2D eigenvalue weighted by atomic mass is 127. The predicted molar refractivity (Wildman–Crippen MR) is 414 cm³/mol. The largest absolute Gasteiger partial charge is 0.493 e. The molecule has 2 bridgehead atoms. The van der Waals surface area contributed by atoms with E-state index < -0.39 is 138 Å². The quantitative estimate of drug-likeness (QED) is 0.00570. The van der Waals surface area contributed by atoms with Crippen LogP contribution in [0.5, 0.6) is 23.0 Å². The number of hydrogen-bond acceptors (Lipinski definition) is 30. The summed E-state index contributed by atoms with van der Waals surface area (Å²) >= 11 is 2.52. The van der Waals surface area contributed by atoms with Crippen molar-refractivity contribution in [3.63, 3.8) is 0 Å². The number of hydrazone groups is 1. The van der Waals surface area contributed by atoms with E-state index in [1.165, 1.54) is 76.0 Å². The Morgan fingerprint density at radius 3 is 2.26 bits per heavy atom. The molecule has 606 valence electrons. The van der Waals surface area contributed by atoms with Crippen LogP contribution in [0.4, 0.5) is 4.79 Å². The summed E-state index contributed by atoms with van der Waals surface area (Å²) in [6.45, 7) is 21.5. The van der Waals surface area contributed by atoms with Crippen molar-refractivity contribution in [3.05, 3.63) is 79.6 Å². The molecule has 35 heteroatoms. The lowest BCUT2D eigenvalue weighted by molar-refractivity contribution is -0.336. The standard InChI is InChI=1S/C75H101IN6O25S3/c1-18-52(100-41(6)67(89)109-68(90)54-38(3)56(76)62(65(96-16)61(54)94-14)104-69-60(88)63(95-15)66-71(105-66)106-69)107-81-57-40(5)101-70(64(59(57)87)103-53-34-49(93-13)46(37-99-53)82(19-2)42(7)83)102-48-24-22-20-21-23-31-75(92)35-47(84)58(77-72(91)97-17)55(48)45(75)30-33-108-110-74(11,12)36-51(86)80-79-39(4)43-25-27-44(28-26-43)98-32-29-50(85)78-73(8,9)10/h20-21,25-28,30,40-41,46,48-49,52-53,57,59-60,63-64,66-67,69-71,81,87-89,92H,18-19,29,32-37H2,1-17H3,(H,77,91)(H,78,85)(H,80,86)/b21-20-,45-30+,79-39?/t40?,41?,46?,48-,49?,52?,53?,57?,59?,60?,63?,64?,66?,67?,69?,70?,71?,75-/m0/s1. The first-order valence-corrected chi connectivity index (χ1v) is 40.0. The number of aliphatic hydroxyl groups excluding tert-OH is 3. The second-order valence-corrected chi connectivity index (χ2v) is 33.2. The van der Waals surface area contributed by atoms with Crippen LogP contribution in [0, 0.1) is 34.2 Å². The Hall–Kier alpha value is -6.15. The second-order valence-electron chi connectivity index (χ2n) is 28.0. The van der Waals surface area contributed by atoms with E-state index >= 15 is 0 Å². The van der Waals surface area contributed by atoms with Crippen molar-refractivity contribution in [2.24, 2.45) is 5.10 Å². The molecule has 2 aromatic rings. The van der Waals surface area contributed by atoms with E-state index in [0.29, 0.717) is 38.9 Å². The third kappa shape index (κ3) is 23.1. The van der Waals surface area contributed by atoms with E-state index in [1.807, 2.05) is 64.1 Å². The summed E-state index contributed by atoms with van der Waals surface area (Å²) in [5.41, 5.74) is 2.67. The third-order valence-electron chi connectivity index (χ3n) is 18.3. The summed E-state index contributed by atoms with van der Waals surface area (Å²) in [5.74, 6) is 10.8. The molecule has 2 aliphatic carbocycles. The minimum absolute atomic E-state index is 0.0130. The molecule has 2 aromatic carbocycles. The first-order chi connectivity index (χ1) is 52.1. The lowest BCUT2D eigenvalue weighted by Crippen LogP contribution is -2.65. The highest BCUT2D eigenvalue weighted by molar-refractivity contribution is 14.1. The van der Waals surface area contributed by atoms with Gasteiger partial charge in [-0.15, -0.1) is 0 Å². The Morgan fingerprint density at radius 1 is 0.909 bits per heavy atom. The average Bonchev–Trinajstić information content (AvgIpc) is 1.19. The number of methoxy groups -OCH3 is 5. The zero-order chi connectivity index (χ0) is 80.7. The van der Waals surface area contributed by atoms with Crippen molar-refractivity contribution >= 4 is 96.4 Å². The number of rotatable bonds is 34. The molecule has 0 radical (unpaired) electrons. The number of nitrogens with one attached hydrogen (secondary N) is 4. The summed E-state index contributed by atoms with van der Waals surface area (Å²) < 4.78 is 83.7. The van der Waals surface area contributed by atoms with Crippen molar-refractivity contribution in [1.82, 2.24) is 26.4 Å². The number of amides is 4. The van der Waals surface area contributed by atoms with Gasteiger partial charge in [-0.3, -0.25) is 34.1 Å². The van der Waals surface area contributed by atoms with Crippen molar-refractivity contribution < 1.29 is 120 Å². The number of ketones is 1. The van der Waals surface area contributed by atoms with E-state index in [0.717, 1.165) is 12.7 Å². The number of allylic oxidation sites excluding steroid dienone is 3. The zero-order valence-corrected chi connectivity index (χ0v) is 69.2. The summed E-state index contributed by atoms with van der Waals surface area (Å²) in [6.07, 6.45) is -12.8. The molecule has 4 fully saturated rings. The molecule has 8 rings (SSSR count). The Labute approximate surface area is 666 Å². The smallest absolute Gasteiger partial charge is 0.411 e. The number of aliphatic hydroxyl groups is 4. The number of nitrogens with zero attached hydrogens (tertiary/aromatic N) is 2. The van der Waals surface area contributed by atoms with Gasteiger partial charge in [0.25, 0.3) is 0 Å². The SMILES string of the molecule is CCC(ONC1C(C)OC(O[C@H]2C#C/C=C\C#C[C@]3(O)CC(=O)C(NC(=O)OC)=C2/C3=C\CSSC(C)(C)CC(=O)NN=C(C)c2ccc(OCCC(=O)NC(C)(C)C)cc2)C(OC2CC(OC)C(N(CC)C(C)=O)CO2)C1O)OC(C)C(O)SC(=O)c1c(C)c(I)c(OC2OC3OC3C(OC)C2O)c(OC)c1OC. The molecule has 0 saturated carbocycles. The van der Waals surface area contributed by atoms with Crippen LogP contribution in [0.25, 0.3) is 0 Å². The summed E-state index contributed by atoms with van der Waals surface area (Å²) in [7, 11) is 9.38. The minimum atomic E-state index is -2.23. The maximum absolute atomic E-state index is 14.5. The number of likely N-dealkylation sites (N-methyl/N-ethyl adjacent to an activating group) is 1. The number of ether oxygens (including phenoxy) is 14. The Morgan fingerprint density at radius 2 is 1.62 bits per heavy atom. The molecule has 4 saturated heterocycles. The van der Waals surface area contributed by atoms with Crippen LogP contribution in [-0.2, 0) is 71.4 Å². The molecule has 4 amide bonds. The Bertz CT molecular complexity index is 3880. The number of fused-ring (bicyclic) bond motifs is 3. The van der Waals surface area contributed by atoms with Gasteiger partial charge in [0.1, 0.15) is 47.8 Å². The monoisotopic (exact) mass is 1710 g/mol. The molecule has 8 N–H and O–H groups in total. The van der Waals surface area contributed by atoms with Crippen LogP contribution < -0.4 is 40.5 Å². The van der Waals surface area contributed by atoms with E-state index in [9.17, 15) is 49.2 Å². The number of thioether (sulfide) groups is 1. The maximum atomic E-state index is 14.5. The van der Waals surface area contributed by atoms with Crippen molar-refractivity contribution in [2.75, 3.05) is 61.1 Å². The summed E-state index contributed by atoms with van der Waals surface area (Å²) in [6, 6.07) is 5.38. The summed E-state index contributed by atoms with van der Waals surface area (Å²) in [5, 5.41) is 57.4. The van der Waals surface area contributed by atoms with Gasteiger partial charge < -0.3 is 97.0 Å². The minimum Gasteiger partial charge on any atom is -0.493 e. The molecule has 16 unspecified atom stereocenters. The van der Waals surface area contributed by atoms with Crippen LogP contribution in [-0.4, -0.2) is 247 Å². The van der Waals surface area contributed by atoms with E-state index in [4.69, 9.17) is 71.2 Å². The van der Waals surface area contributed by atoms with E-state index in [2.05, 4.69) is 50.3 Å². The van der Waals surface area contributed by atoms with Crippen molar-refractivity contribution in [1.29, 1.82) is 0 Å². The molecule has 0 spiro atoms. The molecule has 4 heterocycles. The molecular weight excluding hydrogens is 1610 g/mol. The topological polar surface area (TPSA) is 389 Å². The number of carbonyl (C=O) groups excluding carboxylic acids is 6. The fourth-order valence-electron chi connectivity index (χ4n) is 12.7. The van der Waals surface area contributed by atoms with Gasteiger partial charge in [-0.25, -0.2) is 10.2 Å². The molecule has 4 aliphatic heterocycles. The maximum Gasteiger partial charge on any atom is 0.411 e. The van der Waals surface area contributed by atoms with Crippen LogP contribution in [0.1, 0.15) is 130 Å².